The van der Waals surface area contributed by atoms with Crippen molar-refractivity contribution in [1.29, 1.82) is 0 Å². The molecule has 6 nitrogen and oxygen atoms in total. The molecule has 0 radical (unpaired) electrons. The molecule has 1 aliphatic heterocycles. The van der Waals surface area contributed by atoms with Gasteiger partial charge in [0, 0.05) is 44.2 Å². The number of rotatable bonds is 2. The van der Waals surface area contributed by atoms with Crippen LogP contribution in [0.5, 0.6) is 0 Å². The maximum absolute atomic E-state index is 12.2. The normalized spacial score (nSPS) is 15.8. The molecule has 2 aromatic rings. The standard InChI is InChI=1S/C13H16N4O2/c1-8-11-3-10(4-14-12(11)16(2)15-8)13(19)17-5-9(6-17)7-18/h3-4,9,18H,5-7H2,1-2H3. The van der Waals surface area contributed by atoms with Crippen LogP contribution < -0.4 is 0 Å². The van der Waals surface area contributed by atoms with Crippen LogP contribution in [0, 0.1) is 12.8 Å². The molecular formula is C13H16N4O2. The second kappa shape index (κ2) is 4.31. The monoisotopic (exact) mass is 260 g/mol. The maximum atomic E-state index is 12.2. The van der Waals surface area contributed by atoms with Crippen molar-refractivity contribution in [2.45, 2.75) is 6.92 Å². The van der Waals surface area contributed by atoms with Gasteiger partial charge in [-0.05, 0) is 13.0 Å². The number of carbonyl (C=O) groups is 1. The molecule has 1 N–H and O–H groups in total. The van der Waals surface area contributed by atoms with Crippen molar-refractivity contribution in [3.05, 3.63) is 23.5 Å². The predicted octanol–water partition coefficient (Wildman–Crippen LogP) is 0.341. The first-order valence-corrected chi connectivity index (χ1v) is 6.29. The molecular weight excluding hydrogens is 244 g/mol. The summed E-state index contributed by atoms with van der Waals surface area (Å²) in [7, 11) is 1.84. The number of aromatic nitrogens is 3. The Kier molecular flexibility index (Phi) is 2.74. The largest absolute Gasteiger partial charge is 0.396 e. The molecule has 1 fully saturated rings. The van der Waals surface area contributed by atoms with E-state index in [0.717, 1.165) is 16.7 Å². The summed E-state index contributed by atoms with van der Waals surface area (Å²) in [5.74, 6) is 0.197. The number of aliphatic hydroxyl groups is 1. The lowest BCUT2D eigenvalue weighted by Gasteiger charge is -2.38. The van der Waals surface area contributed by atoms with Crippen LogP contribution in [-0.4, -0.2) is 50.4 Å². The van der Waals surface area contributed by atoms with Crippen molar-refractivity contribution in [3.8, 4) is 0 Å². The summed E-state index contributed by atoms with van der Waals surface area (Å²) >= 11 is 0. The third-order valence-corrected chi connectivity index (χ3v) is 3.61. The number of aryl methyl sites for hydroxylation is 2. The fourth-order valence-electron chi connectivity index (χ4n) is 2.46. The Morgan fingerprint density at radius 3 is 2.95 bits per heavy atom. The topological polar surface area (TPSA) is 71.2 Å². The van der Waals surface area contributed by atoms with Gasteiger partial charge in [-0.3, -0.25) is 9.48 Å². The van der Waals surface area contributed by atoms with E-state index >= 15 is 0 Å². The summed E-state index contributed by atoms with van der Waals surface area (Å²) < 4.78 is 1.71. The van der Waals surface area contributed by atoms with Gasteiger partial charge in [-0.1, -0.05) is 0 Å². The molecule has 6 heteroatoms. The molecule has 1 amide bonds. The van der Waals surface area contributed by atoms with E-state index in [1.54, 1.807) is 15.8 Å². The molecule has 100 valence electrons. The summed E-state index contributed by atoms with van der Waals surface area (Å²) in [4.78, 5) is 18.3. The molecule has 0 saturated carbocycles. The molecule has 3 rings (SSSR count). The molecule has 1 saturated heterocycles. The Hall–Kier alpha value is -1.95. The predicted molar refractivity (Wildman–Crippen MR) is 69.7 cm³/mol. The van der Waals surface area contributed by atoms with Gasteiger partial charge in [0.15, 0.2) is 5.65 Å². The SMILES string of the molecule is Cc1nn(C)c2ncc(C(=O)N3CC(CO)C3)cc12. The lowest BCUT2D eigenvalue weighted by Crippen LogP contribution is -2.51. The fourth-order valence-corrected chi connectivity index (χ4v) is 2.46. The highest BCUT2D eigenvalue weighted by atomic mass is 16.3. The highest BCUT2D eigenvalue weighted by Crippen LogP contribution is 2.21. The molecule has 0 aromatic carbocycles. The van der Waals surface area contributed by atoms with Crippen molar-refractivity contribution in [2.24, 2.45) is 13.0 Å². The Morgan fingerprint density at radius 1 is 1.53 bits per heavy atom. The summed E-state index contributed by atoms with van der Waals surface area (Å²) in [6, 6.07) is 1.85. The van der Waals surface area contributed by atoms with E-state index in [9.17, 15) is 4.79 Å². The van der Waals surface area contributed by atoms with Gasteiger partial charge < -0.3 is 10.0 Å². The summed E-state index contributed by atoms with van der Waals surface area (Å²) in [6.45, 7) is 3.30. The van der Waals surface area contributed by atoms with Gasteiger partial charge in [0.25, 0.3) is 5.91 Å². The van der Waals surface area contributed by atoms with Crippen LogP contribution in [-0.2, 0) is 7.05 Å². The average Bonchev–Trinajstić information content (AvgIpc) is 2.63. The highest BCUT2D eigenvalue weighted by molar-refractivity contribution is 5.97. The zero-order valence-corrected chi connectivity index (χ0v) is 11.0. The molecule has 0 aliphatic carbocycles. The molecule has 1 aliphatic rings. The van der Waals surface area contributed by atoms with Crippen LogP contribution in [0.4, 0.5) is 0 Å². The number of carbonyl (C=O) groups excluding carboxylic acids is 1. The number of amides is 1. The number of pyridine rings is 1. The summed E-state index contributed by atoms with van der Waals surface area (Å²) in [6.07, 6.45) is 1.60. The minimum Gasteiger partial charge on any atom is -0.396 e. The number of hydrogen-bond donors (Lipinski definition) is 1. The first kappa shape index (κ1) is 12.1. The smallest absolute Gasteiger partial charge is 0.255 e. The first-order valence-electron chi connectivity index (χ1n) is 6.29. The summed E-state index contributed by atoms with van der Waals surface area (Å²) in [5, 5.41) is 14.2. The number of hydrogen-bond acceptors (Lipinski definition) is 4. The lowest BCUT2D eigenvalue weighted by atomic mass is 10.00. The van der Waals surface area contributed by atoms with Gasteiger partial charge in [0.1, 0.15) is 0 Å². The molecule has 0 unspecified atom stereocenters. The quantitative estimate of drug-likeness (QED) is 0.845. The van der Waals surface area contributed by atoms with Crippen molar-refractivity contribution < 1.29 is 9.90 Å². The minimum atomic E-state index is -0.0256. The van der Waals surface area contributed by atoms with Gasteiger partial charge >= 0.3 is 0 Å². The first-order chi connectivity index (χ1) is 9.10. The fraction of sp³-hybridized carbons (Fsp3) is 0.462. The van der Waals surface area contributed by atoms with Crippen molar-refractivity contribution in [3.63, 3.8) is 0 Å². The van der Waals surface area contributed by atoms with Crippen LogP contribution in [0.15, 0.2) is 12.3 Å². The van der Waals surface area contributed by atoms with Crippen LogP contribution in [0.25, 0.3) is 11.0 Å². The number of nitrogens with zero attached hydrogens (tertiary/aromatic N) is 4. The highest BCUT2D eigenvalue weighted by Gasteiger charge is 2.30. The Bertz CT molecular complexity index is 643. The second-order valence-electron chi connectivity index (χ2n) is 5.06. The summed E-state index contributed by atoms with van der Waals surface area (Å²) in [5.41, 5.74) is 2.24. The number of fused-ring (bicyclic) bond motifs is 1. The average molecular weight is 260 g/mol. The second-order valence-corrected chi connectivity index (χ2v) is 5.06. The van der Waals surface area contributed by atoms with Crippen LogP contribution in [0.2, 0.25) is 0 Å². The van der Waals surface area contributed by atoms with E-state index in [-0.39, 0.29) is 18.4 Å². The maximum Gasteiger partial charge on any atom is 0.255 e. The van der Waals surface area contributed by atoms with Crippen LogP contribution >= 0.6 is 0 Å². The van der Waals surface area contributed by atoms with Gasteiger partial charge in [0.05, 0.1) is 11.3 Å². The zero-order chi connectivity index (χ0) is 13.6. The van der Waals surface area contributed by atoms with Gasteiger partial charge in [-0.15, -0.1) is 0 Å². The van der Waals surface area contributed by atoms with Gasteiger partial charge in [0.2, 0.25) is 0 Å². The van der Waals surface area contributed by atoms with Crippen LogP contribution in [0.3, 0.4) is 0 Å². The number of aliphatic hydroxyl groups excluding tert-OH is 1. The molecule has 0 atom stereocenters. The third kappa shape index (κ3) is 1.88. The van der Waals surface area contributed by atoms with Crippen molar-refractivity contribution >= 4 is 16.9 Å². The van der Waals surface area contributed by atoms with E-state index in [0.29, 0.717) is 18.7 Å². The van der Waals surface area contributed by atoms with E-state index < -0.39 is 0 Å². The van der Waals surface area contributed by atoms with E-state index in [2.05, 4.69) is 10.1 Å². The van der Waals surface area contributed by atoms with Crippen LogP contribution in [0.1, 0.15) is 16.1 Å². The molecule has 2 aromatic heterocycles. The Labute approximate surface area is 110 Å². The van der Waals surface area contributed by atoms with Gasteiger partial charge in [-0.25, -0.2) is 4.98 Å². The molecule has 0 bridgehead atoms. The van der Waals surface area contributed by atoms with Crippen molar-refractivity contribution in [1.82, 2.24) is 19.7 Å². The minimum absolute atomic E-state index is 0.0256. The molecule has 3 heterocycles. The zero-order valence-electron chi connectivity index (χ0n) is 11.0. The van der Waals surface area contributed by atoms with E-state index in [1.165, 1.54) is 0 Å². The van der Waals surface area contributed by atoms with Gasteiger partial charge in [-0.2, -0.15) is 5.10 Å². The van der Waals surface area contributed by atoms with E-state index in [4.69, 9.17) is 5.11 Å². The van der Waals surface area contributed by atoms with Crippen molar-refractivity contribution in [2.75, 3.05) is 19.7 Å². The molecule has 19 heavy (non-hydrogen) atoms. The Morgan fingerprint density at radius 2 is 2.26 bits per heavy atom. The lowest BCUT2D eigenvalue weighted by molar-refractivity contribution is 0.0362. The Balaban J connectivity index is 1.89. The third-order valence-electron chi connectivity index (χ3n) is 3.61. The van der Waals surface area contributed by atoms with E-state index in [1.807, 2.05) is 20.0 Å². The molecule has 0 spiro atoms. The number of likely N-dealkylation sites (tertiary alicyclic amines) is 1.